The van der Waals surface area contributed by atoms with E-state index in [1.165, 1.54) is 7.11 Å². The van der Waals surface area contributed by atoms with E-state index >= 15 is 0 Å². The summed E-state index contributed by atoms with van der Waals surface area (Å²) in [4.78, 5) is 25.6. The molecule has 5 heteroatoms. The first-order valence-electron chi connectivity index (χ1n) is 6.66. The van der Waals surface area contributed by atoms with E-state index in [4.69, 9.17) is 10.5 Å². The number of nitrogens with two attached hydrogens (primary N) is 1. The normalized spacial score (nSPS) is 23.3. The first-order valence-corrected chi connectivity index (χ1v) is 6.66. The van der Waals surface area contributed by atoms with Gasteiger partial charge in [-0.2, -0.15) is 0 Å². The van der Waals surface area contributed by atoms with Gasteiger partial charge < -0.3 is 15.4 Å². The van der Waals surface area contributed by atoms with Gasteiger partial charge in [0.1, 0.15) is 6.04 Å². The van der Waals surface area contributed by atoms with E-state index in [1.807, 2.05) is 13.8 Å². The van der Waals surface area contributed by atoms with Gasteiger partial charge in [-0.1, -0.05) is 20.3 Å². The molecule has 1 rings (SSSR count). The highest BCUT2D eigenvalue weighted by Crippen LogP contribution is 2.20. The number of hydrogen-bond donors (Lipinski definition) is 1. The van der Waals surface area contributed by atoms with E-state index in [1.54, 1.807) is 4.90 Å². The molecule has 1 amide bonds. The summed E-state index contributed by atoms with van der Waals surface area (Å²) in [5.41, 5.74) is 5.96. The summed E-state index contributed by atoms with van der Waals surface area (Å²) in [6.07, 6.45) is 3.39. The van der Waals surface area contributed by atoms with Crippen molar-refractivity contribution in [1.82, 2.24) is 4.90 Å². The lowest BCUT2D eigenvalue weighted by atomic mass is 9.95. The number of ether oxygens (including phenoxy) is 1. The number of nitrogens with zero attached hydrogens (tertiary/aromatic N) is 1. The molecule has 3 atom stereocenters. The van der Waals surface area contributed by atoms with Gasteiger partial charge in [0.25, 0.3) is 0 Å². The molecule has 0 saturated carbocycles. The molecule has 1 aliphatic heterocycles. The van der Waals surface area contributed by atoms with Crippen LogP contribution in [0.4, 0.5) is 0 Å². The molecule has 0 bridgehead atoms. The first kappa shape index (κ1) is 15.0. The summed E-state index contributed by atoms with van der Waals surface area (Å²) in [5.74, 6) is -0.337. The molecule has 5 nitrogen and oxygen atoms in total. The Hall–Kier alpha value is -1.10. The van der Waals surface area contributed by atoms with Crippen LogP contribution < -0.4 is 5.73 Å². The maximum Gasteiger partial charge on any atom is 0.328 e. The standard InChI is InChI=1S/C13H24N2O3/c1-4-9(2)11(14)12(16)15-8-6-5-7-10(15)13(17)18-3/h9-11H,4-8,14H2,1-3H3/t9-,10?,11-/m0/s1. The first-order chi connectivity index (χ1) is 8.52. The summed E-state index contributed by atoms with van der Waals surface area (Å²) in [6.45, 7) is 4.56. The van der Waals surface area contributed by atoms with E-state index in [0.29, 0.717) is 13.0 Å². The Bertz CT molecular complexity index is 307. The van der Waals surface area contributed by atoms with Crippen LogP contribution in [-0.2, 0) is 14.3 Å². The molecule has 0 aromatic carbocycles. The van der Waals surface area contributed by atoms with E-state index in [2.05, 4.69) is 0 Å². The molecule has 1 aliphatic rings. The lowest BCUT2D eigenvalue weighted by Gasteiger charge is -2.36. The van der Waals surface area contributed by atoms with Crippen molar-refractivity contribution in [1.29, 1.82) is 0 Å². The predicted molar refractivity (Wildman–Crippen MR) is 68.8 cm³/mol. The number of likely N-dealkylation sites (tertiary alicyclic amines) is 1. The molecular weight excluding hydrogens is 232 g/mol. The van der Waals surface area contributed by atoms with Gasteiger partial charge >= 0.3 is 5.97 Å². The maximum absolute atomic E-state index is 12.3. The lowest BCUT2D eigenvalue weighted by Crippen LogP contribution is -2.55. The molecule has 1 unspecified atom stereocenters. The third-order valence-corrected chi connectivity index (χ3v) is 3.80. The summed E-state index contributed by atoms with van der Waals surface area (Å²) < 4.78 is 4.76. The van der Waals surface area contributed by atoms with E-state index < -0.39 is 12.1 Å². The van der Waals surface area contributed by atoms with E-state index in [0.717, 1.165) is 19.3 Å². The average Bonchev–Trinajstić information content (AvgIpc) is 2.43. The van der Waals surface area contributed by atoms with Gasteiger partial charge in [0.2, 0.25) is 5.91 Å². The number of esters is 1. The molecule has 0 aromatic rings. The van der Waals surface area contributed by atoms with Crippen LogP contribution in [0.2, 0.25) is 0 Å². The summed E-state index contributed by atoms with van der Waals surface area (Å²) in [7, 11) is 1.36. The molecule has 0 radical (unpaired) electrons. The zero-order valence-electron chi connectivity index (χ0n) is 11.5. The summed E-state index contributed by atoms with van der Waals surface area (Å²) in [6, 6.07) is -0.980. The molecule has 2 N–H and O–H groups in total. The summed E-state index contributed by atoms with van der Waals surface area (Å²) in [5, 5.41) is 0. The highest BCUT2D eigenvalue weighted by molar-refractivity contribution is 5.87. The number of carbonyl (C=O) groups excluding carboxylic acids is 2. The van der Waals surface area contributed by atoms with Gasteiger partial charge in [-0.05, 0) is 25.2 Å². The fourth-order valence-corrected chi connectivity index (χ4v) is 2.27. The predicted octanol–water partition coefficient (Wildman–Crippen LogP) is 0.914. The quantitative estimate of drug-likeness (QED) is 0.759. The van der Waals surface area contributed by atoms with Crippen LogP contribution in [0.3, 0.4) is 0 Å². The average molecular weight is 256 g/mol. The second-order valence-electron chi connectivity index (χ2n) is 4.98. The van der Waals surface area contributed by atoms with Gasteiger partial charge in [-0.15, -0.1) is 0 Å². The monoisotopic (exact) mass is 256 g/mol. The Morgan fingerprint density at radius 2 is 2.11 bits per heavy atom. The van der Waals surface area contributed by atoms with Crippen LogP contribution in [0.15, 0.2) is 0 Å². The fraction of sp³-hybridized carbons (Fsp3) is 0.846. The third-order valence-electron chi connectivity index (χ3n) is 3.80. The molecular formula is C13H24N2O3. The number of methoxy groups -OCH3 is 1. The Labute approximate surface area is 109 Å². The van der Waals surface area contributed by atoms with Crippen molar-refractivity contribution in [2.24, 2.45) is 11.7 Å². The van der Waals surface area contributed by atoms with Crippen molar-refractivity contribution in [3.63, 3.8) is 0 Å². The lowest BCUT2D eigenvalue weighted by molar-refractivity contribution is -0.155. The van der Waals surface area contributed by atoms with Gasteiger partial charge in [0, 0.05) is 6.54 Å². The molecule has 1 saturated heterocycles. The van der Waals surface area contributed by atoms with Gasteiger partial charge in [0.05, 0.1) is 13.2 Å². The van der Waals surface area contributed by atoms with Crippen molar-refractivity contribution in [2.45, 2.75) is 51.6 Å². The van der Waals surface area contributed by atoms with Crippen LogP contribution in [0.25, 0.3) is 0 Å². The largest absolute Gasteiger partial charge is 0.467 e. The van der Waals surface area contributed by atoms with Crippen LogP contribution in [-0.4, -0.2) is 42.5 Å². The van der Waals surface area contributed by atoms with Crippen molar-refractivity contribution < 1.29 is 14.3 Å². The Morgan fingerprint density at radius 3 is 2.67 bits per heavy atom. The highest BCUT2D eigenvalue weighted by Gasteiger charge is 2.35. The van der Waals surface area contributed by atoms with Crippen molar-refractivity contribution in [3.05, 3.63) is 0 Å². The molecule has 0 aliphatic carbocycles. The van der Waals surface area contributed by atoms with Gasteiger partial charge in [0.15, 0.2) is 0 Å². The zero-order chi connectivity index (χ0) is 13.7. The van der Waals surface area contributed by atoms with E-state index in [-0.39, 0.29) is 17.8 Å². The van der Waals surface area contributed by atoms with Gasteiger partial charge in [-0.3, -0.25) is 4.79 Å². The smallest absolute Gasteiger partial charge is 0.328 e. The molecule has 1 heterocycles. The number of piperidine rings is 1. The third kappa shape index (κ3) is 3.22. The molecule has 1 fully saturated rings. The van der Waals surface area contributed by atoms with Crippen LogP contribution in [0, 0.1) is 5.92 Å². The number of hydrogen-bond acceptors (Lipinski definition) is 4. The SMILES string of the molecule is CC[C@H](C)[C@H](N)C(=O)N1CCCCC1C(=O)OC. The highest BCUT2D eigenvalue weighted by atomic mass is 16.5. The maximum atomic E-state index is 12.3. The minimum Gasteiger partial charge on any atom is -0.467 e. The molecule has 104 valence electrons. The topological polar surface area (TPSA) is 72.6 Å². The Kier molecular flexibility index (Phi) is 5.59. The Balaban J connectivity index is 2.77. The Morgan fingerprint density at radius 1 is 1.44 bits per heavy atom. The number of carbonyl (C=O) groups is 2. The van der Waals surface area contributed by atoms with Crippen molar-refractivity contribution in [2.75, 3.05) is 13.7 Å². The molecule has 0 aromatic heterocycles. The molecule has 18 heavy (non-hydrogen) atoms. The fourth-order valence-electron chi connectivity index (χ4n) is 2.27. The second-order valence-corrected chi connectivity index (χ2v) is 4.98. The minimum absolute atomic E-state index is 0.123. The number of rotatable bonds is 4. The second kappa shape index (κ2) is 6.73. The number of amides is 1. The van der Waals surface area contributed by atoms with E-state index in [9.17, 15) is 9.59 Å². The van der Waals surface area contributed by atoms with Crippen LogP contribution in [0.1, 0.15) is 39.5 Å². The molecule has 0 spiro atoms. The van der Waals surface area contributed by atoms with Crippen molar-refractivity contribution >= 4 is 11.9 Å². The zero-order valence-corrected chi connectivity index (χ0v) is 11.5. The van der Waals surface area contributed by atoms with Crippen LogP contribution >= 0.6 is 0 Å². The minimum atomic E-state index is -0.528. The van der Waals surface area contributed by atoms with Crippen LogP contribution in [0.5, 0.6) is 0 Å². The van der Waals surface area contributed by atoms with Gasteiger partial charge in [-0.25, -0.2) is 4.79 Å². The summed E-state index contributed by atoms with van der Waals surface area (Å²) >= 11 is 0. The van der Waals surface area contributed by atoms with Crippen molar-refractivity contribution in [3.8, 4) is 0 Å².